The predicted molar refractivity (Wildman–Crippen MR) is 91.3 cm³/mol. The highest BCUT2D eigenvalue weighted by molar-refractivity contribution is 5.74. The van der Waals surface area contributed by atoms with Gasteiger partial charge in [-0.3, -0.25) is 9.13 Å². The van der Waals surface area contributed by atoms with Crippen LogP contribution in [0.3, 0.4) is 0 Å². The molecule has 24 heavy (non-hydrogen) atoms. The Kier molecular flexibility index (Phi) is 2.69. The minimum atomic E-state index is 0.836. The fourth-order valence-corrected chi connectivity index (χ4v) is 2.87. The van der Waals surface area contributed by atoms with Crippen LogP contribution in [-0.4, -0.2) is 29.1 Å². The smallest absolute Gasteiger partial charge is 0.164 e. The van der Waals surface area contributed by atoms with Crippen molar-refractivity contribution < 1.29 is 0 Å². The summed E-state index contributed by atoms with van der Waals surface area (Å²) in [4.78, 5) is 17.7. The molecule has 0 N–H and O–H groups in total. The van der Waals surface area contributed by atoms with E-state index in [4.69, 9.17) is 0 Å². The first-order valence-corrected chi connectivity index (χ1v) is 7.57. The minimum absolute atomic E-state index is 0.836. The van der Waals surface area contributed by atoms with E-state index in [-0.39, 0.29) is 0 Å². The standard InChI is InChI=1S/C18H12N6/c1-4-13(23-11-21-15-6-2-8-19-17(15)23)10-14(5-1)24-12-22-16-7-3-9-20-18(16)24/h1-12H. The summed E-state index contributed by atoms with van der Waals surface area (Å²) in [7, 11) is 0. The molecule has 0 spiro atoms. The lowest BCUT2D eigenvalue weighted by Crippen LogP contribution is -1.98. The zero-order chi connectivity index (χ0) is 15.9. The molecule has 0 unspecified atom stereocenters. The van der Waals surface area contributed by atoms with Crippen LogP contribution in [0.2, 0.25) is 0 Å². The molecule has 0 fully saturated rings. The molecule has 0 amide bonds. The normalized spacial score (nSPS) is 11.3. The number of nitrogens with zero attached hydrogens (tertiary/aromatic N) is 6. The summed E-state index contributed by atoms with van der Waals surface area (Å²) in [5.74, 6) is 0. The maximum Gasteiger partial charge on any atom is 0.164 e. The Balaban J connectivity index is 1.69. The largest absolute Gasteiger partial charge is 0.283 e. The molecule has 0 aliphatic heterocycles. The van der Waals surface area contributed by atoms with Crippen molar-refractivity contribution in [2.45, 2.75) is 0 Å². The molecule has 114 valence electrons. The molecule has 5 rings (SSSR count). The molecule has 0 aliphatic carbocycles. The summed E-state index contributed by atoms with van der Waals surface area (Å²) in [6.07, 6.45) is 7.14. The van der Waals surface area contributed by atoms with Gasteiger partial charge in [-0.2, -0.15) is 0 Å². The van der Waals surface area contributed by atoms with Gasteiger partial charge in [0.05, 0.1) is 11.4 Å². The number of aromatic nitrogens is 6. The van der Waals surface area contributed by atoms with Gasteiger partial charge in [-0.25, -0.2) is 19.9 Å². The Morgan fingerprint density at radius 2 is 1.12 bits per heavy atom. The van der Waals surface area contributed by atoms with Crippen LogP contribution in [0.25, 0.3) is 33.7 Å². The van der Waals surface area contributed by atoms with Crippen molar-refractivity contribution in [3.05, 3.63) is 73.6 Å². The van der Waals surface area contributed by atoms with Gasteiger partial charge in [-0.15, -0.1) is 0 Å². The Labute approximate surface area is 137 Å². The third kappa shape index (κ3) is 1.90. The molecule has 0 bridgehead atoms. The molecule has 0 radical (unpaired) electrons. The van der Waals surface area contributed by atoms with Gasteiger partial charge in [0.25, 0.3) is 0 Å². The van der Waals surface area contributed by atoms with Gasteiger partial charge in [-0.1, -0.05) is 6.07 Å². The lowest BCUT2D eigenvalue weighted by molar-refractivity contribution is 1.03. The van der Waals surface area contributed by atoms with E-state index >= 15 is 0 Å². The quantitative estimate of drug-likeness (QED) is 0.502. The van der Waals surface area contributed by atoms with Crippen LogP contribution in [0.15, 0.2) is 73.6 Å². The Morgan fingerprint density at radius 3 is 1.67 bits per heavy atom. The second kappa shape index (κ2) is 4.99. The van der Waals surface area contributed by atoms with Crippen molar-refractivity contribution in [3.63, 3.8) is 0 Å². The van der Waals surface area contributed by atoms with Crippen LogP contribution >= 0.6 is 0 Å². The Bertz CT molecular complexity index is 1080. The molecule has 0 aliphatic rings. The molecule has 6 nitrogen and oxygen atoms in total. The van der Waals surface area contributed by atoms with E-state index in [0.29, 0.717) is 0 Å². The number of benzene rings is 1. The summed E-state index contributed by atoms with van der Waals surface area (Å²) in [6, 6.07) is 15.8. The highest BCUT2D eigenvalue weighted by atomic mass is 15.1. The van der Waals surface area contributed by atoms with Crippen molar-refractivity contribution in [1.82, 2.24) is 29.1 Å². The maximum absolute atomic E-state index is 4.43. The number of rotatable bonds is 2. The Morgan fingerprint density at radius 1 is 0.583 bits per heavy atom. The van der Waals surface area contributed by atoms with Crippen LogP contribution < -0.4 is 0 Å². The minimum Gasteiger partial charge on any atom is -0.283 e. The lowest BCUT2D eigenvalue weighted by Gasteiger charge is -2.08. The van der Waals surface area contributed by atoms with E-state index in [1.165, 1.54) is 0 Å². The summed E-state index contributed by atoms with van der Waals surface area (Å²) in [6.45, 7) is 0. The molecule has 4 heterocycles. The van der Waals surface area contributed by atoms with E-state index in [1.807, 2.05) is 51.6 Å². The second-order valence-corrected chi connectivity index (χ2v) is 5.44. The zero-order valence-corrected chi connectivity index (χ0v) is 12.6. The predicted octanol–water partition coefficient (Wildman–Crippen LogP) is 3.15. The molecule has 0 atom stereocenters. The molecular formula is C18H12N6. The molecule has 6 heteroatoms. The second-order valence-electron chi connectivity index (χ2n) is 5.44. The van der Waals surface area contributed by atoms with Crippen molar-refractivity contribution >= 4 is 22.3 Å². The summed E-state index contributed by atoms with van der Waals surface area (Å²) in [5.41, 5.74) is 5.40. The van der Waals surface area contributed by atoms with Gasteiger partial charge in [0.2, 0.25) is 0 Å². The van der Waals surface area contributed by atoms with Crippen LogP contribution in [0.5, 0.6) is 0 Å². The van der Waals surface area contributed by atoms with Crippen molar-refractivity contribution in [1.29, 1.82) is 0 Å². The van der Waals surface area contributed by atoms with E-state index in [2.05, 4.69) is 26.0 Å². The lowest BCUT2D eigenvalue weighted by atomic mass is 10.2. The van der Waals surface area contributed by atoms with Gasteiger partial charge in [0.15, 0.2) is 11.3 Å². The molecule has 0 saturated carbocycles. The van der Waals surface area contributed by atoms with Crippen LogP contribution in [0.1, 0.15) is 0 Å². The summed E-state index contributed by atoms with van der Waals surface area (Å²) >= 11 is 0. The SMILES string of the molecule is c1cc(-n2cnc3cccnc32)cc(-n2cnc3cccnc32)c1. The zero-order valence-electron chi connectivity index (χ0n) is 12.6. The highest BCUT2D eigenvalue weighted by Gasteiger charge is 2.09. The van der Waals surface area contributed by atoms with Crippen LogP contribution in [-0.2, 0) is 0 Å². The van der Waals surface area contributed by atoms with E-state index in [9.17, 15) is 0 Å². The first kappa shape index (κ1) is 13.0. The summed E-state index contributed by atoms with van der Waals surface area (Å²) < 4.78 is 3.96. The van der Waals surface area contributed by atoms with Crippen LogP contribution in [0.4, 0.5) is 0 Å². The van der Waals surface area contributed by atoms with Crippen molar-refractivity contribution in [3.8, 4) is 11.4 Å². The highest BCUT2D eigenvalue weighted by Crippen LogP contribution is 2.21. The molecule has 0 saturated heterocycles. The number of hydrogen-bond donors (Lipinski definition) is 0. The first-order valence-electron chi connectivity index (χ1n) is 7.57. The van der Waals surface area contributed by atoms with Gasteiger partial charge in [-0.05, 0) is 42.5 Å². The third-order valence-corrected chi connectivity index (χ3v) is 4.00. The average molecular weight is 312 g/mol. The molecule has 5 aromatic rings. The molecule has 4 aromatic heterocycles. The molecule has 1 aromatic carbocycles. The van der Waals surface area contributed by atoms with Gasteiger partial charge in [0.1, 0.15) is 23.7 Å². The van der Waals surface area contributed by atoms with Crippen LogP contribution in [0, 0.1) is 0 Å². The first-order chi connectivity index (χ1) is 11.9. The van der Waals surface area contributed by atoms with Gasteiger partial charge < -0.3 is 0 Å². The topological polar surface area (TPSA) is 61.4 Å². The number of pyridine rings is 2. The number of fused-ring (bicyclic) bond motifs is 2. The van der Waals surface area contributed by atoms with Crippen molar-refractivity contribution in [2.24, 2.45) is 0 Å². The number of hydrogen-bond acceptors (Lipinski definition) is 4. The maximum atomic E-state index is 4.43. The van der Waals surface area contributed by atoms with E-state index in [1.54, 1.807) is 25.0 Å². The average Bonchev–Trinajstić information content (AvgIpc) is 3.26. The van der Waals surface area contributed by atoms with E-state index < -0.39 is 0 Å². The third-order valence-electron chi connectivity index (χ3n) is 4.00. The van der Waals surface area contributed by atoms with Gasteiger partial charge in [0, 0.05) is 12.4 Å². The fourth-order valence-electron chi connectivity index (χ4n) is 2.87. The van der Waals surface area contributed by atoms with Crippen molar-refractivity contribution in [2.75, 3.05) is 0 Å². The monoisotopic (exact) mass is 312 g/mol. The Hall–Kier alpha value is -3.54. The van der Waals surface area contributed by atoms with Gasteiger partial charge >= 0.3 is 0 Å². The van der Waals surface area contributed by atoms with E-state index in [0.717, 1.165) is 33.7 Å². The molecular weight excluding hydrogens is 300 g/mol. The fraction of sp³-hybridized carbons (Fsp3) is 0. The summed E-state index contributed by atoms with van der Waals surface area (Å²) in [5, 5.41) is 0. The number of imidazole rings is 2.